The second-order valence-electron chi connectivity index (χ2n) is 3.74. The van der Waals surface area contributed by atoms with E-state index in [1.807, 2.05) is 0 Å². The van der Waals surface area contributed by atoms with Gasteiger partial charge in [0.2, 0.25) is 0 Å². The van der Waals surface area contributed by atoms with Crippen LogP contribution in [0.5, 0.6) is 0 Å². The molecule has 0 spiro atoms. The average Bonchev–Trinajstić information content (AvgIpc) is 2.57. The maximum absolute atomic E-state index is 11.2. The van der Waals surface area contributed by atoms with Crippen LogP contribution in [0.25, 0.3) is 0 Å². The molecule has 0 amide bonds. The lowest BCUT2D eigenvalue weighted by molar-refractivity contribution is 0.102. The topological polar surface area (TPSA) is 137 Å². The van der Waals surface area contributed by atoms with Crippen LogP contribution in [0.15, 0.2) is 0 Å². The number of aryl methyl sites for hydroxylation is 1. The van der Waals surface area contributed by atoms with Gasteiger partial charge in [-0.3, -0.25) is 9.36 Å². The molecule has 1 rings (SSSR count). The summed E-state index contributed by atoms with van der Waals surface area (Å²) in [5.41, 5.74) is 0.501. The molecule has 1 aromatic rings. The fraction of sp³-hybridized carbons (Fsp3) is 0.500. The van der Waals surface area contributed by atoms with E-state index in [-0.39, 0.29) is 10.9 Å². The van der Waals surface area contributed by atoms with E-state index >= 15 is 0 Å². The van der Waals surface area contributed by atoms with Crippen molar-refractivity contribution in [3.05, 3.63) is 10.6 Å². The third-order valence-electron chi connectivity index (χ3n) is 2.20. The van der Waals surface area contributed by atoms with Crippen molar-refractivity contribution in [2.75, 3.05) is 11.9 Å². The summed E-state index contributed by atoms with van der Waals surface area (Å²) >= 11 is 1.03. The molecule has 2 atom stereocenters. The summed E-state index contributed by atoms with van der Waals surface area (Å²) in [5, 5.41) is 1.14. The van der Waals surface area contributed by atoms with Gasteiger partial charge in [-0.2, -0.15) is 4.89 Å². The van der Waals surface area contributed by atoms with E-state index in [4.69, 9.17) is 14.7 Å². The van der Waals surface area contributed by atoms with E-state index in [1.54, 1.807) is 6.92 Å². The summed E-state index contributed by atoms with van der Waals surface area (Å²) in [4.78, 5) is 42.4. The third kappa shape index (κ3) is 4.42. The van der Waals surface area contributed by atoms with Crippen LogP contribution in [0.3, 0.4) is 0 Å². The van der Waals surface area contributed by atoms with Crippen LogP contribution >= 0.6 is 27.0 Å². The highest BCUT2D eigenvalue weighted by atomic mass is 32.1. The van der Waals surface area contributed by atoms with Crippen LogP contribution in [0.4, 0.5) is 5.13 Å². The van der Waals surface area contributed by atoms with Crippen LogP contribution in [-0.4, -0.2) is 37.4 Å². The van der Waals surface area contributed by atoms with E-state index in [2.05, 4.69) is 10.3 Å². The van der Waals surface area contributed by atoms with Gasteiger partial charge in [0.15, 0.2) is 10.9 Å². The van der Waals surface area contributed by atoms with Crippen molar-refractivity contribution >= 4 is 37.9 Å². The number of ketones is 1. The van der Waals surface area contributed by atoms with Gasteiger partial charge in [-0.05, 0) is 11.5 Å². The molecule has 4 N–H and O–H groups in total. The number of Topliss-reactive ketones (excluding diaryl/α,β-unsaturated/α-hetero) is 1. The lowest BCUT2D eigenvalue weighted by Gasteiger charge is -2.07. The highest BCUT2D eigenvalue weighted by Crippen LogP contribution is 2.51. The smallest absolute Gasteiger partial charge is 0.356 e. The van der Waals surface area contributed by atoms with Crippen molar-refractivity contribution in [1.29, 1.82) is 0 Å². The number of carbonyl (C=O) groups is 1. The minimum Gasteiger partial charge on any atom is -0.356 e. The van der Waals surface area contributed by atoms with Gasteiger partial charge in [-0.25, -0.2) is 4.98 Å². The van der Waals surface area contributed by atoms with Gasteiger partial charge in [-0.15, -0.1) is 0 Å². The zero-order valence-corrected chi connectivity index (χ0v) is 12.7. The number of aromatic nitrogens is 1. The van der Waals surface area contributed by atoms with Crippen molar-refractivity contribution in [2.24, 2.45) is 0 Å². The molecular formula is C8H13N2O6P2S+. The molecule has 1 heterocycles. The van der Waals surface area contributed by atoms with Crippen LogP contribution in [0.1, 0.15) is 22.3 Å². The van der Waals surface area contributed by atoms with Gasteiger partial charge in [0.1, 0.15) is 0 Å². The van der Waals surface area contributed by atoms with Crippen LogP contribution in [0, 0.1) is 6.92 Å². The van der Waals surface area contributed by atoms with Crippen molar-refractivity contribution < 1.29 is 28.6 Å². The monoisotopic (exact) mass is 327 g/mol. The first kappa shape index (κ1) is 16.4. The molecular weight excluding hydrogens is 314 g/mol. The number of hydrogen-bond acceptors (Lipinski definition) is 6. The molecule has 2 unspecified atom stereocenters. The van der Waals surface area contributed by atoms with Gasteiger partial charge in [0.05, 0.1) is 17.1 Å². The maximum Gasteiger partial charge on any atom is 0.523 e. The normalized spacial score (nSPS) is 14.1. The summed E-state index contributed by atoms with van der Waals surface area (Å²) in [7, 11) is -7.71. The summed E-state index contributed by atoms with van der Waals surface area (Å²) in [5.74, 6) is -0.164. The predicted molar refractivity (Wildman–Crippen MR) is 71.0 cm³/mol. The molecule has 0 aliphatic heterocycles. The van der Waals surface area contributed by atoms with Gasteiger partial charge in [0, 0.05) is 6.92 Å². The molecule has 1 aromatic heterocycles. The molecule has 0 saturated carbocycles. The zero-order chi connectivity index (χ0) is 14.8. The highest BCUT2D eigenvalue weighted by Gasteiger charge is 2.45. The Balaban J connectivity index is 2.81. The Kier molecular flexibility index (Phi) is 5.32. The van der Waals surface area contributed by atoms with Crippen LogP contribution in [0.2, 0.25) is 0 Å². The van der Waals surface area contributed by atoms with E-state index in [9.17, 15) is 13.9 Å². The Morgan fingerprint density at radius 3 is 2.53 bits per heavy atom. The lowest BCUT2D eigenvalue weighted by Crippen LogP contribution is -2.16. The fourth-order valence-electron chi connectivity index (χ4n) is 1.30. The Morgan fingerprint density at radius 1 is 1.58 bits per heavy atom. The van der Waals surface area contributed by atoms with Crippen molar-refractivity contribution in [1.82, 2.24) is 4.98 Å². The molecule has 8 nitrogen and oxygen atoms in total. The molecule has 19 heavy (non-hydrogen) atoms. The van der Waals surface area contributed by atoms with E-state index in [1.165, 1.54) is 6.92 Å². The standard InChI is InChI=1S/C8H12N2O6P2S/c1-4-7(5(2)11)19-8(10-4)9-3-6(17(12)13)18(14,15)16/h6H,3H2,1-2H3,(H3-,9,10,11,12,13,14,15,16)/p+1. The van der Waals surface area contributed by atoms with Crippen LogP contribution < -0.4 is 5.32 Å². The first-order valence-electron chi connectivity index (χ1n) is 5.05. The fourth-order valence-corrected chi connectivity index (χ4v) is 3.78. The zero-order valence-electron chi connectivity index (χ0n) is 10.1. The van der Waals surface area contributed by atoms with Crippen molar-refractivity contribution in [3.63, 3.8) is 0 Å². The lowest BCUT2D eigenvalue weighted by atomic mass is 10.3. The molecule has 106 valence electrons. The number of nitrogens with zero attached hydrogens (tertiary/aromatic N) is 1. The summed E-state index contributed by atoms with van der Waals surface area (Å²) in [6, 6.07) is 0. The second-order valence-corrected chi connectivity index (χ2v) is 8.18. The van der Waals surface area contributed by atoms with Gasteiger partial charge < -0.3 is 15.1 Å². The predicted octanol–water partition coefficient (Wildman–Crippen LogP) is 1.30. The number of hydrogen-bond donors (Lipinski definition) is 4. The average molecular weight is 327 g/mol. The molecule has 0 bridgehead atoms. The summed E-state index contributed by atoms with van der Waals surface area (Å²) in [6.07, 6.45) is 0. The van der Waals surface area contributed by atoms with Crippen LogP contribution in [-0.2, 0) is 9.13 Å². The number of rotatable bonds is 6. The number of nitrogens with one attached hydrogen (secondary N) is 1. The SMILES string of the molecule is CC(=O)c1sc(NCC([P+](=O)O)P(=O)(O)O)nc1C. The minimum atomic E-state index is -4.68. The number of thiazole rings is 1. The molecule has 0 aromatic carbocycles. The Morgan fingerprint density at radius 2 is 2.16 bits per heavy atom. The Labute approximate surface area is 113 Å². The third-order valence-corrected chi connectivity index (χ3v) is 6.56. The molecule has 0 fully saturated rings. The van der Waals surface area contributed by atoms with E-state index < -0.39 is 27.6 Å². The number of anilines is 1. The van der Waals surface area contributed by atoms with Gasteiger partial charge in [-0.1, -0.05) is 11.3 Å². The first-order valence-corrected chi connectivity index (χ1v) is 8.83. The minimum absolute atomic E-state index is 0.164. The molecule has 0 radical (unpaired) electrons. The molecule has 0 saturated heterocycles. The van der Waals surface area contributed by atoms with Gasteiger partial charge in [0.25, 0.3) is 0 Å². The maximum atomic E-state index is 11.2. The van der Waals surface area contributed by atoms with E-state index in [0.717, 1.165) is 11.3 Å². The molecule has 0 aliphatic carbocycles. The summed E-state index contributed by atoms with van der Waals surface area (Å²) < 4.78 is 21.9. The molecule has 0 aliphatic rings. The van der Waals surface area contributed by atoms with Crippen molar-refractivity contribution in [3.8, 4) is 0 Å². The quantitative estimate of drug-likeness (QED) is 0.453. The first-order chi connectivity index (χ1) is 8.62. The van der Waals surface area contributed by atoms with Gasteiger partial charge >= 0.3 is 21.0 Å². The highest BCUT2D eigenvalue weighted by molar-refractivity contribution is 7.65. The van der Waals surface area contributed by atoms with Crippen molar-refractivity contribution in [2.45, 2.75) is 19.2 Å². The van der Waals surface area contributed by atoms with E-state index in [0.29, 0.717) is 10.6 Å². The second kappa shape index (κ2) is 6.17. The Hall–Kier alpha value is -0.690. The number of carbonyl (C=O) groups excluding carboxylic acids is 1. The Bertz CT molecular complexity index is 553. The summed E-state index contributed by atoms with van der Waals surface area (Å²) in [6.45, 7) is 2.61. The molecule has 11 heteroatoms. The largest absolute Gasteiger partial charge is 0.523 e.